The molecule has 8 nitrogen and oxygen atoms in total. The Labute approximate surface area is 327 Å². The summed E-state index contributed by atoms with van der Waals surface area (Å²) in [5.41, 5.74) is 1.14. The van der Waals surface area contributed by atoms with Crippen molar-refractivity contribution in [2.75, 3.05) is 26.4 Å². The van der Waals surface area contributed by atoms with Crippen molar-refractivity contribution in [3.8, 4) is 0 Å². The summed E-state index contributed by atoms with van der Waals surface area (Å²) in [7, 11) is 0. The number of benzene rings is 2. The Kier molecular flexibility index (Phi) is 28.3. The van der Waals surface area contributed by atoms with Crippen LogP contribution in [0.1, 0.15) is 199 Å². The van der Waals surface area contributed by atoms with Gasteiger partial charge in [-0.25, -0.2) is 19.2 Å². The third-order valence-corrected chi connectivity index (χ3v) is 9.01. The van der Waals surface area contributed by atoms with Gasteiger partial charge in [-0.05, 0) is 61.8 Å². The van der Waals surface area contributed by atoms with Gasteiger partial charge in [0.15, 0.2) is 0 Å². The maximum Gasteiger partial charge on any atom is 0.339 e. The fraction of sp³-hybridized carbons (Fsp3) is 0.652. The predicted molar refractivity (Wildman–Crippen MR) is 218 cm³/mol. The lowest BCUT2D eigenvalue weighted by atomic mass is 10.0. The van der Waals surface area contributed by atoms with Gasteiger partial charge in [0.1, 0.15) is 0 Å². The molecule has 0 bridgehead atoms. The molecule has 0 saturated carbocycles. The molecule has 0 heterocycles. The molecule has 2 aromatic rings. The van der Waals surface area contributed by atoms with Crippen LogP contribution in [-0.4, -0.2) is 50.3 Å². The molecule has 0 saturated heterocycles. The van der Waals surface area contributed by atoms with Crippen LogP contribution in [0, 0.1) is 11.8 Å². The molecule has 0 unspecified atom stereocenters. The maximum atomic E-state index is 12.4. The molecule has 0 fully saturated rings. The van der Waals surface area contributed by atoms with Gasteiger partial charge in [0.2, 0.25) is 0 Å². The van der Waals surface area contributed by atoms with Gasteiger partial charge in [-0.2, -0.15) is 0 Å². The van der Waals surface area contributed by atoms with E-state index in [2.05, 4.69) is 34.6 Å². The van der Waals surface area contributed by atoms with Crippen molar-refractivity contribution >= 4 is 23.9 Å². The second kappa shape index (κ2) is 31.6. The summed E-state index contributed by atoms with van der Waals surface area (Å²) < 4.78 is 21.3. The Hall–Kier alpha value is -3.68. The van der Waals surface area contributed by atoms with Crippen LogP contribution in [0.3, 0.4) is 0 Å². The molecule has 8 heteroatoms. The highest BCUT2D eigenvalue weighted by Gasteiger charge is 2.20. The summed E-state index contributed by atoms with van der Waals surface area (Å²) >= 11 is 0. The van der Waals surface area contributed by atoms with Crippen molar-refractivity contribution < 1.29 is 38.1 Å². The van der Waals surface area contributed by atoms with Crippen LogP contribution in [0.25, 0.3) is 0 Å². The van der Waals surface area contributed by atoms with E-state index in [1.165, 1.54) is 51.4 Å². The molecule has 0 aliphatic rings. The first-order valence-corrected chi connectivity index (χ1v) is 21.0. The number of carbonyl (C=O) groups is 4. The van der Waals surface area contributed by atoms with Crippen molar-refractivity contribution in [3.63, 3.8) is 0 Å². The number of esters is 4. The van der Waals surface area contributed by atoms with E-state index in [0.717, 1.165) is 76.0 Å². The summed E-state index contributed by atoms with van der Waals surface area (Å²) in [4.78, 5) is 49.1. The minimum absolute atomic E-state index is 0.279. The van der Waals surface area contributed by atoms with E-state index in [4.69, 9.17) is 18.9 Å². The summed E-state index contributed by atoms with van der Waals surface area (Å²) in [6.45, 7) is 14.7. The summed E-state index contributed by atoms with van der Waals surface area (Å²) in [6.07, 6.45) is 19.7. The maximum absolute atomic E-state index is 12.4. The molecule has 2 rings (SSSR count). The fourth-order valence-electron chi connectivity index (χ4n) is 5.69. The highest BCUT2D eigenvalue weighted by molar-refractivity contribution is 6.03. The van der Waals surface area contributed by atoms with Gasteiger partial charge in [0, 0.05) is 0 Å². The minimum atomic E-state index is -0.462. The van der Waals surface area contributed by atoms with E-state index in [0.29, 0.717) is 37.6 Å². The van der Waals surface area contributed by atoms with Crippen LogP contribution in [0.5, 0.6) is 0 Å². The molecule has 0 amide bonds. The average molecular weight is 753 g/mol. The number of hydrogen-bond donors (Lipinski definition) is 0. The Morgan fingerprint density at radius 1 is 0.389 bits per heavy atom. The fourth-order valence-corrected chi connectivity index (χ4v) is 5.69. The molecule has 0 aromatic heterocycles. The number of rotatable bonds is 28. The van der Waals surface area contributed by atoms with Crippen LogP contribution in [0.15, 0.2) is 48.5 Å². The summed E-state index contributed by atoms with van der Waals surface area (Å²) in [5, 5.41) is 0. The van der Waals surface area contributed by atoms with Crippen molar-refractivity contribution in [2.24, 2.45) is 11.8 Å². The molecule has 304 valence electrons. The Balaban J connectivity index is 0.000000553. The first-order valence-electron chi connectivity index (χ1n) is 21.0. The third kappa shape index (κ3) is 23.2. The van der Waals surface area contributed by atoms with Crippen molar-refractivity contribution in [1.82, 2.24) is 0 Å². The van der Waals surface area contributed by atoms with E-state index in [-0.39, 0.29) is 11.1 Å². The van der Waals surface area contributed by atoms with Gasteiger partial charge < -0.3 is 18.9 Å². The van der Waals surface area contributed by atoms with Crippen LogP contribution < -0.4 is 0 Å². The number of ether oxygens (including phenoxy) is 4. The Morgan fingerprint density at radius 2 is 0.648 bits per heavy atom. The van der Waals surface area contributed by atoms with E-state index in [1.807, 2.05) is 6.92 Å². The largest absolute Gasteiger partial charge is 0.462 e. The molecule has 54 heavy (non-hydrogen) atoms. The highest BCUT2D eigenvalue weighted by atomic mass is 16.5. The molecule has 0 spiro atoms. The van der Waals surface area contributed by atoms with E-state index in [9.17, 15) is 19.2 Å². The number of hydrogen-bond acceptors (Lipinski definition) is 8. The zero-order valence-electron chi connectivity index (χ0n) is 34.6. The highest BCUT2D eigenvalue weighted by Crippen LogP contribution is 2.16. The third-order valence-electron chi connectivity index (χ3n) is 9.01. The molecule has 0 N–H and O–H groups in total. The second-order valence-corrected chi connectivity index (χ2v) is 14.9. The Bertz CT molecular complexity index is 1250. The van der Waals surface area contributed by atoms with Gasteiger partial charge in [0.05, 0.1) is 48.7 Å². The zero-order chi connectivity index (χ0) is 39.8. The number of unbranched alkanes of at least 4 members (excludes halogenated alkanes) is 12. The first kappa shape index (κ1) is 48.3. The van der Waals surface area contributed by atoms with Crippen LogP contribution in [-0.2, 0) is 18.9 Å². The molecule has 0 aliphatic carbocycles. The summed E-state index contributed by atoms with van der Waals surface area (Å²) in [6, 6.07) is 13.4. The predicted octanol–water partition coefficient (Wildman–Crippen LogP) is 12.4. The lowest BCUT2D eigenvalue weighted by Crippen LogP contribution is -2.15. The van der Waals surface area contributed by atoms with Crippen LogP contribution in [0.2, 0.25) is 0 Å². The van der Waals surface area contributed by atoms with E-state index >= 15 is 0 Å². The molecule has 0 atom stereocenters. The zero-order valence-corrected chi connectivity index (χ0v) is 34.6. The second-order valence-electron chi connectivity index (χ2n) is 14.9. The van der Waals surface area contributed by atoms with Crippen molar-refractivity contribution in [1.29, 1.82) is 0 Å². The standard InChI is InChI=1S/C26H42O4.C20H30O4/c1-21(2)15-9-5-7-13-19-29-25(27)23-17-11-12-18-24(23)26(28)30-20-14-8-6-10-16-22(3)4;1-3-5-7-8-9-12-16-24-20(22)18-14-11-10-13-17(18)19(21)23-15-6-4-2/h11-12,17-18,21-22H,5-10,13-16,19-20H2,1-4H3;10-11,13-14H,3-9,12,15-16H2,1-2H3. The lowest BCUT2D eigenvalue weighted by Gasteiger charge is -2.10. The molecule has 2 aromatic carbocycles. The van der Waals surface area contributed by atoms with Crippen molar-refractivity contribution in [3.05, 3.63) is 70.8 Å². The quantitative estimate of drug-likeness (QED) is 0.0480. The normalized spacial score (nSPS) is 10.8. The topological polar surface area (TPSA) is 105 Å². The molecule has 0 aliphatic heterocycles. The Morgan fingerprint density at radius 3 is 0.944 bits per heavy atom. The van der Waals surface area contributed by atoms with Crippen LogP contribution in [0.4, 0.5) is 0 Å². The van der Waals surface area contributed by atoms with Gasteiger partial charge in [-0.15, -0.1) is 0 Å². The molecular weight excluding hydrogens is 680 g/mol. The van der Waals surface area contributed by atoms with Gasteiger partial charge >= 0.3 is 23.9 Å². The SMILES string of the molecule is CC(C)CCCCCCOC(=O)c1ccccc1C(=O)OCCCCCCC(C)C.CCCCCCCCOC(=O)c1ccccc1C(=O)OCCCC. The summed E-state index contributed by atoms with van der Waals surface area (Å²) in [5.74, 6) is -0.327. The van der Waals surface area contributed by atoms with E-state index < -0.39 is 23.9 Å². The molecule has 0 radical (unpaired) electrons. The van der Waals surface area contributed by atoms with Gasteiger partial charge in [-0.1, -0.05) is 156 Å². The monoisotopic (exact) mass is 753 g/mol. The van der Waals surface area contributed by atoms with Gasteiger partial charge in [-0.3, -0.25) is 0 Å². The van der Waals surface area contributed by atoms with Crippen molar-refractivity contribution in [2.45, 2.75) is 157 Å². The van der Waals surface area contributed by atoms with Crippen LogP contribution >= 0.6 is 0 Å². The minimum Gasteiger partial charge on any atom is -0.462 e. The first-order chi connectivity index (χ1) is 26.1. The smallest absolute Gasteiger partial charge is 0.339 e. The lowest BCUT2D eigenvalue weighted by molar-refractivity contribution is 0.0450. The van der Waals surface area contributed by atoms with E-state index in [1.54, 1.807) is 48.5 Å². The average Bonchev–Trinajstić information content (AvgIpc) is 3.16. The number of carbonyl (C=O) groups excluding carboxylic acids is 4. The van der Waals surface area contributed by atoms with Gasteiger partial charge in [0.25, 0.3) is 0 Å². The molecular formula is C46H72O8.